The lowest BCUT2D eigenvalue weighted by atomic mass is 10.1. The van der Waals surface area contributed by atoms with E-state index < -0.39 is 0 Å². The SMILES string of the molecule is CC(=O)c1cccc(NC(=O)c2ccc(NCc3ccccc3C)nn2)c1. The average molecular weight is 360 g/mol. The topological polar surface area (TPSA) is 84.0 Å². The van der Waals surface area contributed by atoms with Crippen LogP contribution >= 0.6 is 0 Å². The van der Waals surface area contributed by atoms with Gasteiger partial charge < -0.3 is 10.6 Å². The van der Waals surface area contributed by atoms with Gasteiger partial charge in [-0.3, -0.25) is 9.59 Å². The minimum Gasteiger partial charge on any atom is -0.364 e. The normalized spacial score (nSPS) is 10.3. The number of ketones is 1. The molecule has 0 aliphatic heterocycles. The molecule has 1 aromatic heterocycles. The summed E-state index contributed by atoms with van der Waals surface area (Å²) in [6, 6.07) is 18.2. The van der Waals surface area contributed by atoms with Crippen molar-refractivity contribution in [3.8, 4) is 0 Å². The van der Waals surface area contributed by atoms with Gasteiger partial charge in [0.1, 0.15) is 5.82 Å². The largest absolute Gasteiger partial charge is 0.364 e. The predicted molar refractivity (Wildman–Crippen MR) is 105 cm³/mol. The number of Topliss-reactive ketones (excluding diaryl/α,β-unsaturated/α-hetero) is 1. The van der Waals surface area contributed by atoms with Crippen LogP contribution in [-0.2, 0) is 6.54 Å². The van der Waals surface area contributed by atoms with Gasteiger partial charge in [0.2, 0.25) is 0 Å². The highest BCUT2D eigenvalue weighted by Crippen LogP contribution is 2.13. The maximum Gasteiger partial charge on any atom is 0.276 e. The molecule has 1 heterocycles. The van der Waals surface area contributed by atoms with Crippen LogP contribution < -0.4 is 10.6 Å². The molecule has 6 nitrogen and oxygen atoms in total. The Kier molecular flexibility index (Phi) is 5.56. The zero-order valence-electron chi connectivity index (χ0n) is 15.2. The van der Waals surface area contributed by atoms with Crippen LogP contribution in [0.1, 0.15) is 38.9 Å². The standard InChI is InChI=1S/C21H20N4O2/c1-14-6-3-4-7-17(14)13-22-20-11-10-19(24-25-20)21(27)23-18-9-5-8-16(12-18)15(2)26/h3-12H,13H2,1-2H3,(H,22,25)(H,23,27). The summed E-state index contributed by atoms with van der Waals surface area (Å²) >= 11 is 0. The molecule has 27 heavy (non-hydrogen) atoms. The fraction of sp³-hybridized carbons (Fsp3) is 0.143. The van der Waals surface area contributed by atoms with E-state index in [4.69, 9.17) is 0 Å². The van der Waals surface area contributed by atoms with Gasteiger partial charge in [0.25, 0.3) is 5.91 Å². The van der Waals surface area contributed by atoms with E-state index in [1.165, 1.54) is 18.1 Å². The molecule has 0 spiro atoms. The van der Waals surface area contributed by atoms with Crippen LogP contribution in [0.3, 0.4) is 0 Å². The van der Waals surface area contributed by atoms with Crippen LogP contribution in [0.15, 0.2) is 60.7 Å². The van der Waals surface area contributed by atoms with Crippen molar-refractivity contribution in [2.24, 2.45) is 0 Å². The third kappa shape index (κ3) is 4.76. The highest BCUT2D eigenvalue weighted by atomic mass is 16.2. The summed E-state index contributed by atoms with van der Waals surface area (Å²) in [5.41, 5.74) is 3.64. The fourth-order valence-corrected chi connectivity index (χ4v) is 2.55. The quantitative estimate of drug-likeness (QED) is 0.652. The first-order valence-corrected chi connectivity index (χ1v) is 8.57. The summed E-state index contributed by atoms with van der Waals surface area (Å²) in [6.45, 7) is 4.16. The van der Waals surface area contributed by atoms with Crippen molar-refractivity contribution < 1.29 is 9.59 Å². The van der Waals surface area contributed by atoms with E-state index in [-0.39, 0.29) is 17.4 Å². The highest BCUT2D eigenvalue weighted by Gasteiger charge is 2.10. The molecule has 0 bridgehead atoms. The third-order valence-electron chi connectivity index (χ3n) is 4.15. The smallest absolute Gasteiger partial charge is 0.276 e. The molecule has 0 fully saturated rings. The molecule has 0 radical (unpaired) electrons. The number of anilines is 2. The molecular formula is C21H20N4O2. The second-order valence-electron chi connectivity index (χ2n) is 6.17. The van der Waals surface area contributed by atoms with Crippen molar-refractivity contribution in [3.05, 3.63) is 83.0 Å². The first kappa shape index (κ1) is 18.3. The highest BCUT2D eigenvalue weighted by molar-refractivity contribution is 6.03. The Labute approximate surface area is 157 Å². The zero-order chi connectivity index (χ0) is 19.2. The predicted octanol–water partition coefficient (Wildman–Crippen LogP) is 3.85. The Hall–Kier alpha value is -3.54. The van der Waals surface area contributed by atoms with Gasteiger partial charge in [-0.2, -0.15) is 0 Å². The maximum absolute atomic E-state index is 12.3. The number of aryl methyl sites for hydroxylation is 1. The molecule has 3 rings (SSSR count). The van der Waals surface area contributed by atoms with E-state index in [9.17, 15) is 9.59 Å². The molecule has 0 unspecified atom stereocenters. The summed E-state index contributed by atoms with van der Waals surface area (Å²) in [7, 11) is 0. The molecule has 2 N–H and O–H groups in total. The van der Waals surface area contributed by atoms with E-state index in [1.807, 2.05) is 18.2 Å². The number of carbonyl (C=O) groups excluding carboxylic acids is 2. The van der Waals surface area contributed by atoms with Gasteiger partial charge in [-0.05, 0) is 49.2 Å². The van der Waals surface area contributed by atoms with Gasteiger partial charge in [-0.1, -0.05) is 36.4 Å². The van der Waals surface area contributed by atoms with Crippen LogP contribution in [-0.4, -0.2) is 21.9 Å². The number of benzene rings is 2. The van der Waals surface area contributed by atoms with E-state index in [2.05, 4.69) is 33.8 Å². The van der Waals surface area contributed by atoms with Gasteiger partial charge in [-0.15, -0.1) is 10.2 Å². The second kappa shape index (κ2) is 8.23. The minimum atomic E-state index is -0.381. The summed E-state index contributed by atoms with van der Waals surface area (Å²) in [4.78, 5) is 23.7. The summed E-state index contributed by atoms with van der Waals surface area (Å²) in [5.74, 6) is 0.150. The lowest BCUT2D eigenvalue weighted by molar-refractivity contribution is 0.100. The fourth-order valence-electron chi connectivity index (χ4n) is 2.55. The molecule has 3 aromatic rings. The maximum atomic E-state index is 12.3. The van der Waals surface area contributed by atoms with Crippen LogP contribution in [0.5, 0.6) is 0 Å². The Morgan fingerprint density at radius 1 is 0.963 bits per heavy atom. The molecule has 0 aliphatic carbocycles. The molecule has 1 amide bonds. The van der Waals surface area contributed by atoms with E-state index in [0.29, 0.717) is 23.6 Å². The molecule has 0 saturated heterocycles. The molecule has 6 heteroatoms. The lowest BCUT2D eigenvalue weighted by Crippen LogP contribution is -2.15. The van der Waals surface area contributed by atoms with Crippen molar-refractivity contribution >= 4 is 23.2 Å². The van der Waals surface area contributed by atoms with Gasteiger partial charge in [0.15, 0.2) is 11.5 Å². The first-order valence-electron chi connectivity index (χ1n) is 8.57. The van der Waals surface area contributed by atoms with Crippen molar-refractivity contribution in [2.45, 2.75) is 20.4 Å². The number of amides is 1. The zero-order valence-corrected chi connectivity index (χ0v) is 15.2. The van der Waals surface area contributed by atoms with Gasteiger partial charge >= 0.3 is 0 Å². The van der Waals surface area contributed by atoms with Gasteiger partial charge in [0, 0.05) is 17.8 Å². The van der Waals surface area contributed by atoms with Gasteiger partial charge in [-0.25, -0.2) is 0 Å². The molecular weight excluding hydrogens is 340 g/mol. The number of hydrogen-bond acceptors (Lipinski definition) is 5. The molecule has 0 aliphatic rings. The summed E-state index contributed by atoms with van der Waals surface area (Å²) in [6.07, 6.45) is 0. The number of rotatable bonds is 6. The summed E-state index contributed by atoms with van der Waals surface area (Å²) < 4.78 is 0. The monoisotopic (exact) mass is 360 g/mol. The molecule has 0 atom stereocenters. The Balaban J connectivity index is 1.63. The van der Waals surface area contributed by atoms with Crippen LogP contribution in [0.25, 0.3) is 0 Å². The van der Waals surface area contributed by atoms with Crippen molar-refractivity contribution in [3.63, 3.8) is 0 Å². The van der Waals surface area contributed by atoms with Crippen LogP contribution in [0, 0.1) is 6.92 Å². The first-order chi connectivity index (χ1) is 13.0. The second-order valence-corrected chi connectivity index (χ2v) is 6.17. The van der Waals surface area contributed by atoms with E-state index in [0.717, 1.165) is 0 Å². The van der Waals surface area contributed by atoms with Crippen LogP contribution in [0.4, 0.5) is 11.5 Å². The van der Waals surface area contributed by atoms with Crippen molar-refractivity contribution in [2.75, 3.05) is 10.6 Å². The molecule has 0 saturated carbocycles. The number of nitrogens with one attached hydrogen (secondary N) is 2. The molecule has 136 valence electrons. The van der Waals surface area contributed by atoms with E-state index in [1.54, 1.807) is 36.4 Å². The van der Waals surface area contributed by atoms with Crippen molar-refractivity contribution in [1.29, 1.82) is 0 Å². The summed E-state index contributed by atoms with van der Waals surface area (Å²) in [5, 5.41) is 14.0. The number of aromatic nitrogens is 2. The Morgan fingerprint density at radius 3 is 2.48 bits per heavy atom. The Bertz CT molecular complexity index is 968. The average Bonchev–Trinajstić information content (AvgIpc) is 2.68. The lowest BCUT2D eigenvalue weighted by Gasteiger charge is -2.08. The number of hydrogen-bond donors (Lipinski definition) is 2. The Morgan fingerprint density at radius 2 is 1.78 bits per heavy atom. The number of nitrogens with zero attached hydrogens (tertiary/aromatic N) is 2. The van der Waals surface area contributed by atoms with E-state index >= 15 is 0 Å². The van der Waals surface area contributed by atoms with Gasteiger partial charge in [0.05, 0.1) is 0 Å². The third-order valence-corrected chi connectivity index (χ3v) is 4.15. The number of carbonyl (C=O) groups is 2. The van der Waals surface area contributed by atoms with Crippen molar-refractivity contribution in [1.82, 2.24) is 10.2 Å². The minimum absolute atomic E-state index is 0.0602. The molecule has 2 aromatic carbocycles. The van der Waals surface area contributed by atoms with Crippen LogP contribution in [0.2, 0.25) is 0 Å².